The minimum absolute atomic E-state index is 0. The van der Waals surface area contributed by atoms with Gasteiger partial charge in [-0.25, -0.2) is 0 Å². The van der Waals surface area contributed by atoms with Crippen molar-refractivity contribution in [3.05, 3.63) is 119 Å². The molecule has 0 N–H and O–H groups in total. The Morgan fingerprint density at radius 1 is 0.500 bits per heavy atom. The van der Waals surface area contributed by atoms with E-state index in [-0.39, 0.29) is 31.0 Å². The van der Waals surface area contributed by atoms with E-state index in [0.29, 0.717) is 0 Å². The van der Waals surface area contributed by atoms with E-state index >= 15 is 0 Å². The Morgan fingerprint density at radius 3 is 1.36 bits per heavy atom. The van der Waals surface area contributed by atoms with Gasteiger partial charge in [-0.15, -0.1) is 11.1 Å². The van der Waals surface area contributed by atoms with E-state index in [0.717, 1.165) is 12.8 Å². The Hall–Kier alpha value is -2.25. The molecule has 28 heavy (non-hydrogen) atoms. The summed E-state index contributed by atoms with van der Waals surface area (Å²) in [6, 6.07) is 36.2. The number of halogens is 1. The Kier molecular flexibility index (Phi) is 6.47. The molecule has 0 bridgehead atoms. The molecule has 1 radical (unpaired) electrons. The van der Waals surface area contributed by atoms with Gasteiger partial charge in [-0.05, 0) is 12.8 Å². The van der Waals surface area contributed by atoms with Crippen molar-refractivity contribution in [3.8, 4) is 22.3 Å². The van der Waals surface area contributed by atoms with Crippen molar-refractivity contribution in [2.45, 2.75) is 12.8 Å². The summed E-state index contributed by atoms with van der Waals surface area (Å²) in [5.74, 6) is 0. The van der Waals surface area contributed by atoms with Gasteiger partial charge in [0.2, 0.25) is 0 Å². The predicted molar refractivity (Wildman–Crippen MR) is 107 cm³/mol. The molecule has 6 rings (SSSR count). The summed E-state index contributed by atoms with van der Waals surface area (Å²) in [5, 5.41) is 0. The fraction of sp³-hybridized carbons (Fsp3) is 0.0769. The number of rotatable bonds is 0. The SMILES string of the molecule is [Cl-].[V+2].[c-]1cccc2c1Cc1ccccc1-2.[c-]1cccc2c1Cc1ccccc1-2. The number of benzene rings is 4. The van der Waals surface area contributed by atoms with Gasteiger partial charge in [-0.2, -0.15) is 59.7 Å². The second-order valence-electron chi connectivity index (χ2n) is 6.79. The van der Waals surface area contributed by atoms with Crippen LogP contribution in [0.1, 0.15) is 22.3 Å². The summed E-state index contributed by atoms with van der Waals surface area (Å²) in [7, 11) is 0. The summed E-state index contributed by atoms with van der Waals surface area (Å²) in [6.07, 6.45) is 2.10. The van der Waals surface area contributed by atoms with Gasteiger partial charge in [0, 0.05) is 0 Å². The van der Waals surface area contributed by atoms with E-state index in [4.69, 9.17) is 0 Å². The second kappa shape index (κ2) is 8.84. The Morgan fingerprint density at radius 2 is 0.893 bits per heavy atom. The van der Waals surface area contributed by atoms with Crippen LogP contribution in [-0.2, 0) is 31.4 Å². The molecule has 0 saturated carbocycles. The van der Waals surface area contributed by atoms with Crippen molar-refractivity contribution in [1.29, 1.82) is 0 Å². The topological polar surface area (TPSA) is 0 Å². The van der Waals surface area contributed by atoms with E-state index in [1.54, 1.807) is 0 Å². The molecule has 0 saturated heterocycles. The maximum Gasteiger partial charge on any atom is 2.00 e. The molecule has 2 heteroatoms. The smallest absolute Gasteiger partial charge is 1.00 e. The molecule has 0 nitrogen and oxygen atoms in total. The molecule has 0 amide bonds. The van der Waals surface area contributed by atoms with Crippen molar-refractivity contribution in [2.24, 2.45) is 0 Å². The fourth-order valence-electron chi connectivity index (χ4n) is 4.00. The number of hydrogen-bond acceptors (Lipinski definition) is 0. The first-order chi connectivity index (χ1) is 12.9. The minimum atomic E-state index is 0. The first kappa shape index (κ1) is 20.5. The van der Waals surface area contributed by atoms with Crippen LogP contribution < -0.4 is 12.4 Å². The molecular weight excluding hydrogens is 399 g/mol. The molecule has 4 aromatic rings. The summed E-state index contributed by atoms with van der Waals surface area (Å²) >= 11 is 0. The zero-order chi connectivity index (χ0) is 17.3. The summed E-state index contributed by atoms with van der Waals surface area (Å²) < 4.78 is 0. The van der Waals surface area contributed by atoms with Gasteiger partial charge in [0.25, 0.3) is 0 Å². The van der Waals surface area contributed by atoms with E-state index in [2.05, 4.69) is 84.9 Å². The third-order valence-electron chi connectivity index (χ3n) is 5.23. The van der Waals surface area contributed by atoms with Crippen molar-refractivity contribution in [2.75, 3.05) is 0 Å². The van der Waals surface area contributed by atoms with Gasteiger partial charge in [0.05, 0.1) is 0 Å². The molecule has 4 aromatic carbocycles. The third-order valence-corrected chi connectivity index (χ3v) is 5.23. The Balaban J connectivity index is 0.000000150. The minimum Gasteiger partial charge on any atom is -1.00 e. The quantitative estimate of drug-likeness (QED) is 0.334. The van der Waals surface area contributed by atoms with Crippen molar-refractivity contribution >= 4 is 0 Å². The average Bonchev–Trinajstić information content (AvgIpc) is 3.27. The zero-order valence-corrected chi connectivity index (χ0v) is 17.5. The van der Waals surface area contributed by atoms with Gasteiger partial charge >= 0.3 is 18.6 Å². The summed E-state index contributed by atoms with van der Waals surface area (Å²) in [6.45, 7) is 0. The van der Waals surface area contributed by atoms with Crippen LogP contribution in [0.4, 0.5) is 0 Å². The molecule has 0 spiro atoms. The molecule has 2 aliphatic carbocycles. The van der Waals surface area contributed by atoms with E-state index < -0.39 is 0 Å². The third kappa shape index (κ3) is 3.69. The van der Waals surface area contributed by atoms with E-state index in [9.17, 15) is 0 Å². The molecule has 0 aliphatic heterocycles. The summed E-state index contributed by atoms with van der Waals surface area (Å²) in [5.41, 5.74) is 11.0. The van der Waals surface area contributed by atoms with Crippen LogP contribution in [0, 0.1) is 12.1 Å². The largest absolute Gasteiger partial charge is 2.00 e. The molecule has 0 aromatic heterocycles. The molecule has 0 unspecified atom stereocenters. The van der Waals surface area contributed by atoms with Crippen LogP contribution >= 0.6 is 0 Å². The molecule has 0 atom stereocenters. The van der Waals surface area contributed by atoms with Crippen LogP contribution in [0.15, 0.2) is 84.9 Å². The number of hydrogen-bond donors (Lipinski definition) is 0. The molecule has 0 heterocycles. The molecule has 2 aliphatic rings. The standard InChI is InChI=1S/2C13H9.ClH.V/c2*1-3-7-12-10(5-1)9-11-6-2-4-8-13(11)12;;/h2*1-5,7-8H,9H2;1H;/q2*-1;;+2/p-1. The predicted octanol–water partition coefficient (Wildman–Crippen LogP) is 3.12. The molecule has 135 valence electrons. The fourth-order valence-corrected chi connectivity index (χ4v) is 4.00. The van der Waals surface area contributed by atoms with Gasteiger partial charge in [0.1, 0.15) is 0 Å². The molecular formula is C26H18ClV-. The van der Waals surface area contributed by atoms with Gasteiger partial charge in [0.15, 0.2) is 0 Å². The maximum absolute atomic E-state index is 3.30. The van der Waals surface area contributed by atoms with Crippen LogP contribution in [0.3, 0.4) is 0 Å². The maximum atomic E-state index is 3.30. The van der Waals surface area contributed by atoms with E-state index in [1.807, 2.05) is 12.1 Å². The van der Waals surface area contributed by atoms with E-state index in [1.165, 1.54) is 44.5 Å². The Bertz CT molecular complexity index is 925. The van der Waals surface area contributed by atoms with Crippen molar-refractivity contribution in [3.63, 3.8) is 0 Å². The van der Waals surface area contributed by atoms with Crippen molar-refractivity contribution < 1.29 is 31.0 Å². The second-order valence-corrected chi connectivity index (χ2v) is 6.79. The first-order valence-electron chi connectivity index (χ1n) is 9.06. The van der Waals surface area contributed by atoms with Gasteiger partial charge in [-0.1, -0.05) is 70.8 Å². The summed E-state index contributed by atoms with van der Waals surface area (Å²) in [4.78, 5) is 0. The average molecular weight is 417 g/mol. The van der Waals surface area contributed by atoms with Crippen LogP contribution in [0.25, 0.3) is 22.3 Å². The van der Waals surface area contributed by atoms with Crippen LogP contribution in [-0.4, -0.2) is 0 Å². The monoisotopic (exact) mass is 416 g/mol. The first-order valence-corrected chi connectivity index (χ1v) is 9.06. The van der Waals surface area contributed by atoms with Crippen LogP contribution in [0.2, 0.25) is 0 Å². The van der Waals surface area contributed by atoms with Gasteiger partial charge in [-0.3, -0.25) is 0 Å². The van der Waals surface area contributed by atoms with Gasteiger partial charge < -0.3 is 12.4 Å². The Labute approximate surface area is 184 Å². The zero-order valence-electron chi connectivity index (χ0n) is 15.3. The van der Waals surface area contributed by atoms with Crippen molar-refractivity contribution in [1.82, 2.24) is 0 Å². The molecule has 0 fully saturated rings. The normalized spacial score (nSPS) is 11.4. The van der Waals surface area contributed by atoms with Crippen LogP contribution in [0.5, 0.6) is 0 Å². The number of fused-ring (bicyclic) bond motifs is 6.